The number of halogens is 5. The van der Waals surface area contributed by atoms with Crippen molar-refractivity contribution in [2.24, 2.45) is 0 Å². The topological polar surface area (TPSA) is 0 Å². The Morgan fingerprint density at radius 2 is 1.67 bits per heavy atom. The zero-order valence-corrected chi connectivity index (χ0v) is 11.2. The van der Waals surface area contributed by atoms with Crippen LogP contribution in [0.2, 0.25) is 10.0 Å². The van der Waals surface area contributed by atoms with Gasteiger partial charge in [0.2, 0.25) is 0 Å². The van der Waals surface area contributed by atoms with Gasteiger partial charge in [0.05, 0.1) is 15.4 Å². The summed E-state index contributed by atoms with van der Waals surface area (Å²) in [6.07, 6.45) is 0. The van der Waals surface area contributed by atoms with E-state index < -0.39 is 17.0 Å². The highest BCUT2D eigenvalue weighted by atomic mass is 35.5. The van der Waals surface area contributed by atoms with Crippen LogP contribution in [0.5, 0.6) is 0 Å². The highest BCUT2D eigenvalue weighted by Crippen LogP contribution is 2.37. The van der Waals surface area contributed by atoms with E-state index in [9.17, 15) is 8.78 Å². The van der Waals surface area contributed by atoms with E-state index in [-0.39, 0.29) is 10.6 Å². The summed E-state index contributed by atoms with van der Waals surface area (Å²) in [4.78, 5) is 0. The predicted octanol–water partition coefficient (Wildman–Crippen LogP) is 5.60. The molecule has 0 aliphatic rings. The Balaban J connectivity index is 2.48. The Hall–Kier alpha value is -0.830. The lowest BCUT2D eigenvalue weighted by Crippen LogP contribution is -1.98. The van der Waals surface area contributed by atoms with Gasteiger partial charge >= 0.3 is 0 Å². The molecule has 0 aromatic heterocycles. The van der Waals surface area contributed by atoms with Crippen molar-refractivity contribution in [2.45, 2.75) is 5.38 Å². The molecule has 0 saturated carbocycles. The molecule has 0 heterocycles. The van der Waals surface area contributed by atoms with Gasteiger partial charge in [-0.05, 0) is 17.7 Å². The lowest BCUT2D eigenvalue weighted by Gasteiger charge is -2.13. The summed E-state index contributed by atoms with van der Waals surface area (Å²) in [7, 11) is 0. The quantitative estimate of drug-likeness (QED) is 0.633. The summed E-state index contributed by atoms with van der Waals surface area (Å²) >= 11 is 18.0. The lowest BCUT2D eigenvalue weighted by atomic mass is 10.0. The third-order valence-corrected chi connectivity index (χ3v) is 3.79. The molecule has 0 bridgehead atoms. The molecule has 0 amide bonds. The van der Waals surface area contributed by atoms with Crippen molar-refractivity contribution < 1.29 is 8.78 Å². The largest absolute Gasteiger partial charge is 0.207 e. The second kappa shape index (κ2) is 5.43. The highest BCUT2D eigenvalue weighted by Gasteiger charge is 2.19. The van der Waals surface area contributed by atoms with E-state index in [1.54, 1.807) is 18.2 Å². The minimum atomic E-state index is -0.822. The fourth-order valence-corrected chi connectivity index (χ4v) is 2.42. The second-order valence-corrected chi connectivity index (χ2v) is 4.89. The molecule has 94 valence electrons. The van der Waals surface area contributed by atoms with E-state index in [4.69, 9.17) is 34.8 Å². The lowest BCUT2D eigenvalue weighted by molar-refractivity contribution is 0.573. The highest BCUT2D eigenvalue weighted by molar-refractivity contribution is 6.43. The van der Waals surface area contributed by atoms with Gasteiger partial charge in [0.15, 0.2) is 0 Å². The first-order chi connectivity index (χ1) is 8.50. The monoisotopic (exact) mass is 306 g/mol. The molecule has 18 heavy (non-hydrogen) atoms. The molecule has 2 aromatic carbocycles. The molecular weight excluding hydrogens is 300 g/mol. The molecule has 1 atom stereocenters. The fourth-order valence-electron chi connectivity index (χ4n) is 1.59. The van der Waals surface area contributed by atoms with Crippen LogP contribution in [0, 0.1) is 11.6 Å². The number of alkyl halides is 1. The Kier molecular flexibility index (Phi) is 4.10. The predicted molar refractivity (Wildman–Crippen MR) is 70.5 cm³/mol. The first kappa shape index (κ1) is 13.6. The zero-order valence-electron chi connectivity index (χ0n) is 8.93. The first-order valence-corrected chi connectivity index (χ1v) is 6.23. The summed E-state index contributed by atoms with van der Waals surface area (Å²) in [5.41, 5.74) is 0.638. The molecule has 2 aromatic rings. The standard InChI is InChI=1S/C13H7Cl3F2/c14-10-3-1-2-9(13(10)16)12(15)8-5-4-7(17)6-11(8)18/h1-6,12H. The van der Waals surface area contributed by atoms with E-state index in [0.717, 1.165) is 12.1 Å². The van der Waals surface area contributed by atoms with Crippen molar-refractivity contribution in [1.29, 1.82) is 0 Å². The van der Waals surface area contributed by atoms with E-state index in [1.807, 2.05) is 0 Å². The van der Waals surface area contributed by atoms with Gasteiger partial charge in [0, 0.05) is 11.6 Å². The molecule has 0 spiro atoms. The van der Waals surface area contributed by atoms with Crippen LogP contribution < -0.4 is 0 Å². The summed E-state index contributed by atoms with van der Waals surface area (Å²) in [5.74, 6) is -1.37. The van der Waals surface area contributed by atoms with Gasteiger partial charge in [-0.3, -0.25) is 0 Å². The Labute approximate surface area is 118 Å². The molecule has 0 aliphatic heterocycles. The number of benzene rings is 2. The van der Waals surface area contributed by atoms with E-state index in [1.165, 1.54) is 6.07 Å². The molecule has 0 fully saturated rings. The molecule has 2 rings (SSSR count). The van der Waals surface area contributed by atoms with Crippen LogP contribution in [0.3, 0.4) is 0 Å². The zero-order chi connectivity index (χ0) is 13.3. The summed E-state index contributed by atoms with van der Waals surface area (Å²) in [5, 5.41) is -0.220. The van der Waals surface area contributed by atoms with Crippen molar-refractivity contribution in [2.75, 3.05) is 0 Å². The number of rotatable bonds is 2. The normalized spacial score (nSPS) is 12.5. The maximum Gasteiger partial charge on any atom is 0.131 e. The SMILES string of the molecule is Fc1ccc(C(Cl)c2cccc(Cl)c2Cl)c(F)c1. The fraction of sp³-hybridized carbons (Fsp3) is 0.0769. The number of hydrogen-bond acceptors (Lipinski definition) is 0. The Morgan fingerprint density at radius 3 is 2.33 bits per heavy atom. The Morgan fingerprint density at radius 1 is 0.944 bits per heavy atom. The smallest absolute Gasteiger partial charge is 0.131 e. The van der Waals surface area contributed by atoms with E-state index in [2.05, 4.69) is 0 Å². The van der Waals surface area contributed by atoms with Crippen LogP contribution in [0.4, 0.5) is 8.78 Å². The molecule has 1 unspecified atom stereocenters. The van der Waals surface area contributed by atoms with Crippen LogP contribution in [-0.2, 0) is 0 Å². The van der Waals surface area contributed by atoms with Crippen LogP contribution in [0.1, 0.15) is 16.5 Å². The van der Waals surface area contributed by atoms with Crippen molar-refractivity contribution in [1.82, 2.24) is 0 Å². The maximum absolute atomic E-state index is 13.6. The average molecular weight is 308 g/mol. The van der Waals surface area contributed by atoms with Crippen LogP contribution in [0.25, 0.3) is 0 Å². The van der Waals surface area contributed by atoms with Gasteiger partial charge in [-0.1, -0.05) is 41.4 Å². The molecular formula is C13H7Cl3F2. The molecule has 0 aliphatic carbocycles. The van der Waals surface area contributed by atoms with Crippen LogP contribution in [-0.4, -0.2) is 0 Å². The third-order valence-electron chi connectivity index (χ3n) is 2.49. The molecule has 0 radical (unpaired) electrons. The van der Waals surface area contributed by atoms with Gasteiger partial charge in [-0.2, -0.15) is 0 Å². The maximum atomic E-state index is 13.6. The van der Waals surface area contributed by atoms with Crippen molar-refractivity contribution in [3.63, 3.8) is 0 Å². The molecule has 0 saturated heterocycles. The van der Waals surface area contributed by atoms with Crippen molar-refractivity contribution in [3.8, 4) is 0 Å². The molecule has 0 nitrogen and oxygen atoms in total. The Bertz CT molecular complexity index is 584. The first-order valence-electron chi connectivity index (χ1n) is 5.03. The third kappa shape index (κ3) is 2.61. The van der Waals surface area contributed by atoms with Crippen LogP contribution >= 0.6 is 34.8 Å². The molecule has 0 N–H and O–H groups in total. The molecule has 5 heteroatoms. The van der Waals surface area contributed by atoms with Gasteiger partial charge in [-0.25, -0.2) is 8.78 Å². The van der Waals surface area contributed by atoms with E-state index in [0.29, 0.717) is 10.6 Å². The minimum absolute atomic E-state index is 0.155. The second-order valence-electron chi connectivity index (χ2n) is 3.67. The summed E-state index contributed by atoms with van der Waals surface area (Å²) in [6.45, 7) is 0. The van der Waals surface area contributed by atoms with Crippen LogP contribution in [0.15, 0.2) is 36.4 Å². The van der Waals surface area contributed by atoms with Gasteiger partial charge in [0.1, 0.15) is 11.6 Å². The van der Waals surface area contributed by atoms with Gasteiger partial charge < -0.3 is 0 Å². The van der Waals surface area contributed by atoms with Crippen molar-refractivity contribution in [3.05, 3.63) is 69.2 Å². The van der Waals surface area contributed by atoms with E-state index >= 15 is 0 Å². The average Bonchev–Trinajstić information content (AvgIpc) is 2.32. The minimum Gasteiger partial charge on any atom is -0.207 e. The number of hydrogen-bond donors (Lipinski definition) is 0. The van der Waals surface area contributed by atoms with Gasteiger partial charge in [-0.15, -0.1) is 11.6 Å². The van der Waals surface area contributed by atoms with Gasteiger partial charge in [0.25, 0.3) is 0 Å². The summed E-state index contributed by atoms with van der Waals surface area (Å²) in [6, 6.07) is 8.14. The summed E-state index contributed by atoms with van der Waals surface area (Å²) < 4.78 is 26.4. The van der Waals surface area contributed by atoms with Crippen molar-refractivity contribution >= 4 is 34.8 Å².